The molecule has 23 heavy (non-hydrogen) atoms. The number of nitrogens with one attached hydrogen (secondary N) is 2. The fraction of sp³-hybridized carbons (Fsp3) is 0.263. The minimum absolute atomic E-state index is 0.320. The van der Waals surface area contributed by atoms with E-state index in [0.29, 0.717) is 5.92 Å². The Morgan fingerprint density at radius 1 is 0.913 bits per heavy atom. The van der Waals surface area contributed by atoms with Gasteiger partial charge in [0.05, 0.1) is 0 Å². The van der Waals surface area contributed by atoms with E-state index in [1.54, 1.807) is 0 Å². The van der Waals surface area contributed by atoms with Crippen molar-refractivity contribution < 1.29 is 9.59 Å². The molecule has 1 heterocycles. The predicted molar refractivity (Wildman–Crippen MR) is 86.9 cm³/mol. The Kier molecular flexibility index (Phi) is 3.18. The standard InChI is InChI=1S/C19H18N2O2/c22-17-19(21-18(23)20-17,15-9-2-1-3-10-15)16-11-5-8-14(12-16)13-6-4-7-13/h1-3,5,8-13H,4,6-7H2,(H2,20,21,22,23). The van der Waals surface area contributed by atoms with Crippen LogP contribution in [0.25, 0.3) is 0 Å². The summed E-state index contributed by atoms with van der Waals surface area (Å²) in [5.41, 5.74) is 1.70. The molecule has 0 bridgehead atoms. The molecule has 1 atom stereocenters. The highest BCUT2D eigenvalue weighted by Crippen LogP contribution is 2.39. The Balaban J connectivity index is 1.86. The van der Waals surface area contributed by atoms with E-state index in [9.17, 15) is 9.59 Å². The first kappa shape index (κ1) is 14.0. The number of carbonyl (C=O) groups is 2. The van der Waals surface area contributed by atoms with Crippen molar-refractivity contribution in [2.24, 2.45) is 0 Å². The van der Waals surface area contributed by atoms with Crippen molar-refractivity contribution in [3.63, 3.8) is 0 Å². The summed E-state index contributed by atoms with van der Waals surface area (Å²) in [6.45, 7) is 0. The van der Waals surface area contributed by atoms with Gasteiger partial charge in [-0.25, -0.2) is 4.79 Å². The van der Waals surface area contributed by atoms with Gasteiger partial charge in [-0.2, -0.15) is 0 Å². The van der Waals surface area contributed by atoms with Crippen molar-refractivity contribution in [2.45, 2.75) is 30.7 Å². The van der Waals surface area contributed by atoms with E-state index in [1.165, 1.54) is 24.8 Å². The summed E-state index contributed by atoms with van der Waals surface area (Å²) in [7, 11) is 0. The predicted octanol–water partition coefficient (Wildman–Crippen LogP) is 3.04. The van der Waals surface area contributed by atoms with Crippen LogP contribution in [0.4, 0.5) is 4.79 Å². The zero-order chi connectivity index (χ0) is 15.9. The van der Waals surface area contributed by atoms with Crippen LogP contribution < -0.4 is 10.6 Å². The van der Waals surface area contributed by atoms with Gasteiger partial charge < -0.3 is 5.32 Å². The summed E-state index contributed by atoms with van der Waals surface area (Å²) in [5.74, 6) is 0.252. The van der Waals surface area contributed by atoms with E-state index in [0.717, 1.165) is 11.1 Å². The van der Waals surface area contributed by atoms with Crippen LogP contribution in [0.15, 0.2) is 54.6 Å². The van der Waals surface area contributed by atoms with Gasteiger partial charge in [-0.3, -0.25) is 10.1 Å². The first-order valence-corrected chi connectivity index (χ1v) is 8.00. The summed E-state index contributed by atoms with van der Waals surface area (Å²) in [6, 6.07) is 17.0. The Morgan fingerprint density at radius 3 is 2.26 bits per heavy atom. The molecule has 1 unspecified atom stereocenters. The van der Waals surface area contributed by atoms with Gasteiger partial charge in [0.15, 0.2) is 5.54 Å². The lowest BCUT2D eigenvalue weighted by Crippen LogP contribution is -2.45. The zero-order valence-electron chi connectivity index (χ0n) is 12.7. The van der Waals surface area contributed by atoms with Crippen molar-refractivity contribution in [3.8, 4) is 0 Å². The molecule has 4 rings (SSSR count). The van der Waals surface area contributed by atoms with Crippen LogP contribution in [0.3, 0.4) is 0 Å². The molecule has 1 saturated carbocycles. The van der Waals surface area contributed by atoms with Crippen LogP contribution in [0.1, 0.15) is 41.9 Å². The molecule has 4 nitrogen and oxygen atoms in total. The fourth-order valence-electron chi connectivity index (χ4n) is 3.48. The number of benzene rings is 2. The third-order valence-corrected chi connectivity index (χ3v) is 4.97. The normalized spacial score (nSPS) is 24.0. The van der Waals surface area contributed by atoms with E-state index < -0.39 is 11.6 Å². The molecule has 0 aromatic heterocycles. The second-order valence-corrected chi connectivity index (χ2v) is 6.28. The highest BCUT2D eigenvalue weighted by atomic mass is 16.2. The largest absolute Gasteiger partial charge is 0.322 e. The maximum Gasteiger partial charge on any atom is 0.322 e. The van der Waals surface area contributed by atoms with Gasteiger partial charge in [0.25, 0.3) is 5.91 Å². The van der Waals surface area contributed by atoms with Crippen molar-refractivity contribution in [2.75, 3.05) is 0 Å². The molecule has 2 aromatic rings. The van der Waals surface area contributed by atoms with Crippen LogP contribution in [-0.4, -0.2) is 11.9 Å². The van der Waals surface area contributed by atoms with E-state index in [2.05, 4.69) is 22.8 Å². The van der Waals surface area contributed by atoms with Gasteiger partial charge in [-0.05, 0) is 35.4 Å². The van der Waals surface area contributed by atoms with Gasteiger partial charge in [-0.1, -0.05) is 61.0 Å². The molecule has 116 valence electrons. The Hall–Kier alpha value is -2.62. The summed E-state index contributed by atoms with van der Waals surface area (Å²) in [4.78, 5) is 24.5. The minimum Gasteiger partial charge on any atom is -0.316 e. The zero-order valence-corrected chi connectivity index (χ0v) is 12.7. The van der Waals surface area contributed by atoms with Gasteiger partial charge in [0, 0.05) is 0 Å². The maximum absolute atomic E-state index is 12.7. The molecule has 4 heteroatoms. The number of hydrogen-bond donors (Lipinski definition) is 2. The Morgan fingerprint density at radius 2 is 1.65 bits per heavy atom. The molecule has 0 spiro atoms. The van der Waals surface area contributed by atoms with Crippen LogP contribution in [0.5, 0.6) is 0 Å². The molecule has 2 fully saturated rings. The van der Waals surface area contributed by atoms with Gasteiger partial charge >= 0.3 is 6.03 Å². The number of imide groups is 1. The Labute approximate surface area is 134 Å². The summed E-state index contributed by atoms with van der Waals surface area (Å²) in [5, 5.41) is 5.24. The summed E-state index contributed by atoms with van der Waals surface area (Å²) < 4.78 is 0. The number of hydrogen-bond acceptors (Lipinski definition) is 2. The first-order valence-electron chi connectivity index (χ1n) is 8.00. The molecule has 1 aliphatic carbocycles. The molecule has 2 aromatic carbocycles. The topological polar surface area (TPSA) is 58.2 Å². The maximum atomic E-state index is 12.7. The first-order chi connectivity index (χ1) is 11.2. The van der Waals surface area contributed by atoms with Crippen molar-refractivity contribution in [1.29, 1.82) is 0 Å². The van der Waals surface area contributed by atoms with Gasteiger partial charge in [0.2, 0.25) is 0 Å². The SMILES string of the molecule is O=C1NC(=O)C(c2ccccc2)(c2cccc(C3CCC3)c2)N1. The van der Waals surface area contributed by atoms with Crippen LogP contribution in [0, 0.1) is 0 Å². The summed E-state index contributed by atoms with van der Waals surface area (Å²) >= 11 is 0. The fourth-order valence-corrected chi connectivity index (χ4v) is 3.48. The van der Waals surface area contributed by atoms with Crippen LogP contribution in [0.2, 0.25) is 0 Å². The molecular formula is C19H18N2O2. The molecule has 2 aliphatic rings. The molecule has 0 radical (unpaired) electrons. The van der Waals surface area contributed by atoms with E-state index in [1.807, 2.05) is 42.5 Å². The van der Waals surface area contributed by atoms with Crippen molar-refractivity contribution in [3.05, 3.63) is 71.3 Å². The second-order valence-electron chi connectivity index (χ2n) is 6.28. The highest BCUT2D eigenvalue weighted by molar-refractivity contribution is 6.09. The molecule has 1 saturated heterocycles. The number of rotatable bonds is 3. The Bertz CT molecular complexity index is 768. The minimum atomic E-state index is -1.14. The van der Waals surface area contributed by atoms with E-state index >= 15 is 0 Å². The smallest absolute Gasteiger partial charge is 0.316 e. The number of carbonyl (C=O) groups excluding carboxylic acids is 2. The van der Waals surface area contributed by atoms with Gasteiger partial charge in [0.1, 0.15) is 0 Å². The molecular weight excluding hydrogens is 288 g/mol. The number of amides is 3. The molecule has 3 amide bonds. The van der Waals surface area contributed by atoms with Gasteiger partial charge in [-0.15, -0.1) is 0 Å². The summed E-state index contributed by atoms with van der Waals surface area (Å²) in [6.07, 6.45) is 3.65. The van der Waals surface area contributed by atoms with E-state index in [4.69, 9.17) is 0 Å². The third-order valence-electron chi connectivity index (χ3n) is 4.97. The van der Waals surface area contributed by atoms with Crippen LogP contribution >= 0.6 is 0 Å². The van der Waals surface area contributed by atoms with Crippen LogP contribution in [-0.2, 0) is 10.3 Å². The lowest BCUT2D eigenvalue weighted by atomic mass is 9.77. The molecule has 2 N–H and O–H groups in total. The monoisotopic (exact) mass is 306 g/mol. The average molecular weight is 306 g/mol. The highest BCUT2D eigenvalue weighted by Gasteiger charge is 2.49. The quantitative estimate of drug-likeness (QED) is 0.856. The number of urea groups is 1. The van der Waals surface area contributed by atoms with Crippen molar-refractivity contribution >= 4 is 11.9 Å². The second kappa shape index (κ2) is 5.23. The third kappa shape index (κ3) is 2.13. The van der Waals surface area contributed by atoms with Crippen molar-refractivity contribution in [1.82, 2.24) is 10.6 Å². The molecule has 1 aliphatic heterocycles. The average Bonchev–Trinajstić information content (AvgIpc) is 2.82. The lowest BCUT2D eigenvalue weighted by Gasteiger charge is -2.30. The van der Waals surface area contributed by atoms with E-state index in [-0.39, 0.29) is 5.91 Å². The lowest BCUT2D eigenvalue weighted by molar-refractivity contribution is -0.122.